The van der Waals surface area contributed by atoms with Crippen LogP contribution in [0.1, 0.15) is 24.4 Å². The van der Waals surface area contributed by atoms with Crippen LogP contribution in [0.4, 0.5) is 11.4 Å². The molecule has 2 aliphatic heterocycles. The van der Waals surface area contributed by atoms with E-state index < -0.39 is 6.04 Å². The first-order valence-electron chi connectivity index (χ1n) is 6.86. The fraction of sp³-hybridized carbons (Fsp3) is 0.500. The lowest BCUT2D eigenvalue weighted by Crippen LogP contribution is -2.37. The smallest absolute Gasteiger partial charge is 0.245 e. The zero-order valence-electron chi connectivity index (χ0n) is 11.1. The molecule has 0 spiro atoms. The molecule has 2 atom stereocenters. The Labute approximate surface area is 122 Å². The van der Waals surface area contributed by atoms with Crippen LogP contribution in [0.5, 0.6) is 0 Å². The number of nitrogens with one attached hydrogen (secondary N) is 1. The van der Waals surface area contributed by atoms with Gasteiger partial charge in [0.25, 0.3) is 0 Å². The monoisotopic (exact) mass is 295 g/mol. The van der Waals surface area contributed by atoms with Crippen LogP contribution in [0.2, 0.25) is 5.02 Å². The maximum absolute atomic E-state index is 11.6. The van der Waals surface area contributed by atoms with Gasteiger partial charge in [-0.2, -0.15) is 0 Å². The van der Waals surface area contributed by atoms with Crippen molar-refractivity contribution in [1.82, 2.24) is 0 Å². The number of amides is 1. The van der Waals surface area contributed by atoms with E-state index in [-0.39, 0.29) is 18.4 Å². The maximum atomic E-state index is 11.6. The lowest BCUT2D eigenvalue weighted by atomic mass is 9.98. The van der Waals surface area contributed by atoms with Crippen LogP contribution >= 0.6 is 11.6 Å². The highest BCUT2D eigenvalue weighted by Crippen LogP contribution is 2.39. The minimum Gasteiger partial charge on any atom is -0.396 e. The Bertz CT molecular complexity index is 549. The largest absolute Gasteiger partial charge is 0.396 e. The van der Waals surface area contributed by atoms with Gasteiger partial charge in [-0.15, -0.1) is 0 Å². The van der Waals surface area contributed by atoms with Gasteiger partial charge in [-0.05, 0) is 30.9 Å². The number of anilines is 2. The number of carbonyl (C=O) groups excluding carboxylic acids is 1. The molecule has 20 heavy (non-hydrogen) atoms. The van der Waals surface area contributed by atoms with E-state index in [4.69, 9.17) is 17.3 Å². The Balaban J connectivity index is 1.91. The number of fused-ring (bicyclic) bond motifs is 1. The van der Waals surface area contributed by atoms with E-state index in [0.717, 1.165) is 42.9 Å². The van der Waals surface area contributed by atoms with Crippen LogP contribution < -0.4 is 16.0 Å². The second-order valence-corrected chi connectivity index (χ2v) is 5.90. The number of halogens is 1. The Hall–Kier alpha value is -1.30. The van der Waals surface area contributed by atoms with Crippen molar-refractivity contribution in [3.8, 4) is 0 Å². The SMILES string of the molecule is NC1C(=O)Nc2cc(N3CCCC(CO)C3)c(Cl)cc21. The van der Waals surface area contributed by atoms with Crippen molar-refractivity contribution in [2.45, 2.75) is 18.9 Å². The maximum Gasteiger partial charge on any atom is 0.245 e. The third kappa shape index (κ3) is 2.26. The van der Waals surface area contributed by atoms with Gasteiger partial charge in [0, 0.05) is 30.9 Å². The van der Waals surface area contributed by atoms with Crippen LogP contribution in [-0.4, -0.2) is 30.7 Å². The number of aliphatic hydroxyl groups is 1. The minimum atomic E-state index is -0.636. The molecule has 2 heterocycles. The molecule has 4 N–H and O–H groups in total. The van der Waals surface area contributed by atoms with Gasteiger partial charge in [-0.25, -0.2) is 0 Å². The Morgan fingerprint density at radius 1 is 1.50 bits per heavy atom. The Kier molecular flexibility index (Phi) is 3.58. The fourth-order valence-corrected chi connectivity index (χ4v) is 3.26. The van der Waals surface area contributed by atoms with E-state index >= 15 is 0 Å². The number of piperidine rings is 1. The molecular weight excluding hydrogens is 278 g/mol. The van der Waals surface area contributed by atoms with Crippen LogP contribution in [0, 0.1) is 5.92 Å². The van der Waals surface area contributed by atoms with E-state index in [9.17, 15) is 9.90 Å². The van der Waals surface area contributed by atoms with Gasteiger partial charge < -0.3 is 21.1 Å². The summed E-state index contributed by atoms with van der Waals surface area (Å²) in [6.07, 6.45) is 2.07. The number of nitrogens with zero attached hydrogens (tertiary/aromatic N) is 1. The lowest BCUT2D eigenvalue weighted by molar-refractivity contribution is -0.116. The van der Waals surface area contributed by atoms with Crippen molar-refractivity contribution < 1.29 is 9.90 Å². The average Bonchev–Trinajstić information content (AvgIpc) is 2.73. The second-order valence-electron chi connectivity index (χ2n) is 5.49. The summed E-state index contributed by atoms with van der Waals surface area (Å²) in [5, 5.41) is 12.7. The molecule has 1 saturated heterocycles. The zero-order valence-corrected chi connectivity index (χ0v) is 11.9. The third-order valence-corrected chi connectivity index (χ3v) is 4.41. The molecule has 0 radical (unpaired) electrons. The van der Waals surface area contributed by atoms with Crippen molar-refractivity contribution in [1.29, 1.82) is 0 Å². The molecule has 1 fully saturated rings. The second kappa shape index (κ2) is 5.24. The molecule has 6 heteroatoms. The molecule has 2 aliphatic rings. The van der Waals surface area contributed by atoms with Gasteiger partial charge in [0.1, 0.15) is 6.04 Å². The standard InChI is InChI=1S/C14H18ClN3O2/c15-10-4-9-11(17-14(20)13(9)16)5-12(10)18-3-1-2-8(6-18)7-19/h4-5,8,13,19H,1-3,6-7,16H2,(H,17,20). The molecule has 1 aromatic rings. The Morgan fingerprint density at radius 2 is 2.30 bits per heavy atom. The Morgan fingerprint density at radius 3 is 3.05 bits per heavy atom. The van der Waals surface area contributed by atoms with E-state index in [1.54, 1.807) is 6.07 Å². The van der Waals surface area contributed by atoms with Crippen molar-refractivity contribution in [3.05, 3.63) is 22.7 Å². The first-order valence-corrected chi connectivity index (χ1v) is 7.23. The number of nitrogens with two attached hydrogens (primary N) is 1. The number of aliphatic hydroxyl groups excluding tert-OH is 1. The van der Waals surface area contributed by atoms with Gasteiger partial charge >= 0.3 is 0 Å². The lowest BCUT2D eigenvalue weighted by Gasteiger charge is -2.34. The first kappa shape index (κ1) is 13.7. The highest BCUT2D eigenvalue weighted by atomic mass is 35.5. The molecule has 1 amide bonds. The molecular formula is C14H18ClN3O2. The summed E-state index contributed by atoms with van der Waals surface area (Å²) >= 11 is 6.35. The summed E-state index contributed by atoms with van der Waals surface area (Å²) in [6.45, 7) is 1.89. The van der Waals surface area contributed by atoms with Gasteiger partial charge in [-0.1, -0.05) is 11.6 Å². The number of hydrogen-bond donors (Lipinski definition) is 3. The van der Waals surface area contributed by atoms with E-state index in [0.29, 0.717) is 5.02 Å². The molecule has 0 saturated carbocycles. The summed E-state index contributed by atoms with van der Waals surface area (Å²) < 4.78 is 0. The molecule has 108 valence electrons. The molecule has 5 nitrogen and oxygen atoms in total. The summed E-state index contributed by atoms with van der Waals surface area (Å²) in [5.41, 5.74) is 8.21. The summed E-state index contributed by atoms with van der Waals surface area (Å²) in [5.74, 6) is 0.0880. The molecule has 2 unspecified atom stereocenters. The third-order valence-electron chi connectivity index (χ3n) is 4.11. The number of rotatable bonds is 2. The highest BCUT2D eigenvalue weighted by molar-refractivity contribution is 6.33. The zero-order chi connectivity index (χ0) is 14.3. The topological polar surface area (TPSA) is 78.6 Å². The van der Waals surface area contributed by atoms with Crippen molar-refractivity contribution in [3.63, 3.8) is 0 Å². The molecule has 1 aromatic carbocycles. The summed E-state index contributed by atoms with van der Waals surface area (Å²) in [6, 6.07) is 3.03. The van der Waals surface area contributed by atoms with Gasteiger partial charge in [-0.3, -0.25) is 4.79 Å². The first-order chi connectivity index (χ1) is 9.60. The normalized spacial score (nSPS) is 25.6. The van der Waals surface area contributed by atoms with E-state index in [1.165, 1.54) is 0 Å². The van der Waals surface area contributed by atoms with Gasteiger partial charge in [0.15, 0.2) is 0 Å². The van der Waals surface area contributed by atoms with Crippen molar-refractivity contribution in [2.24, 2.45) is 11.7 Å². The number of carbonyl (C=O) groups is 1. The molecule has 0 bridgehead atoms. The minimum absolute atomic E-state index is 0.194. The van der Waals surface area contributed by atoms with Crippen molar-refractivity contribution in [2.75, 3.05) is 29.9 Å². The predicted octanol–water partition coefficient (Wildman–Crippen LogP) is 1.50. The van der Waals surface area contributed by atoms with Crippen LogP contribution in [0.25, 0.3) is 0 Å². The van der Waals surface area contributed by atoms with Gasteiger partial charge in [0.2, 0.25) is 5.91 Å². The fourth-order valence-electron chi connectivity index (χ4n) is 2.97. The predicted molar refractivity (Wildman–Crippen MR) is 79.0 cm³/mol. The number of hydrogen-bond acceptors (Lipinski definition) is 4. The van der Waals surface area contributed by atoms with E-state index in [1.807, 2.05) is 6.07 Å². The van der Waals surface area contributed by atoms with Gasteiger partial charge in [0.05, 0.1) is 10.7 Å². The molecule has 3 rings (SSSR count). The van der Waals surface area contributed by atoms with Crippen LogP contribution in [0.3, 0.4) is 0 Å². The van der Waals surface area contributed by atoms with Crippen LogP contribution in [-0.2, 0) is 4.79 Å². The van der Waals surface area contributed by atoms with Crippen LogP contribution in [0.15, 0.2) is 12.1 Å². The summed E-state index contributed by atoms with van der Waals surface area (Å²) in [7, 11) is 0. The number of benzene rings is 1. The quantitative estimate of drug-likeness (QED) is 0.772. The van der Waals surface area contributed by atoms with Crippen molar-refractivity contribution >= 4 is 28.9 Å². The highest BCUT2D eigenvalue weighted by Gasteiger charge is 2.30. The average molecular weight is 296 g/mol. The molecule has 0 aliphatic carbocycles. The molecule has 0 aromatic heterocycles. The summed E-state index contributed by atoms with van der Waals surface area (Å²) in [4.78, 5) is 13.8. The van der Waals surface area contributed by atoms with E-state index in [2.05, 4.69) is 10.2 Å².